The summed E-state index contributed by atoms with van der Waals surface area (Å²) in [7, 11) is 0. The standard InChI is InChI=1S/C25H30N2O2/c1-6-27(7-2)12-13-29-17-9-11-18-20(15-17)25(4,5)24-22(23(18)28)19-10-8-16(3)14-21(19)26-24/h8-11,14-15,26H,6-7,12-13H2,1-5H3. The molecule has 0 spiro atoms. The van der Waals surface area contributed by atoms with Gasteiger partial charge < -0.3 is 14.6 Å². The van der Waals surface area contributed by atoms with Crippen LogP contribution in [0.5, 0.6) is 5.75 Å². The Balaban J connectivity index is 1.70. The van der Waals surface area contributed by atoms with Crippen molar-refractivity contribution < 1.29 is 9.53 Å². The van der Waals surface area contributed by atoms with Gasteiger partial charge in [0, 0.05) is 34.1 Å². The van der Waals surface area contributed by atoms with Gasteiger partial charge in [0.2, 0.25) is 0 Å². The maximum absolute atomic E-state index is 13.4. The number of hydrogen-bond donors (Lipinski definition) is 1. The quantitative estimate of drug-likeness (QED) is 0.639. The van der Waals surface area contributed by atoms with Crippen molar-refractivity contribution in [3.05, 3.63) is 64.3 Å². The smallest absolute Gasteiger partial charge is 0.195 e. The lowest BCUT2D eigenvalue weighted by molar-refractivity contribution is 0.103. The number of ketones is 1. The third kappa shape index (κ3) is 3.25. The van der Waals surface area contributed by atoms with Crippen LogP contribution in [-0.4, -0.2) is 41.9 Å². The Hall–Kier alpha value is -2.59. The number of benzene rings is 2. The average Bonchev–Trinajstić information content (AvgIpc) is 3.09. The summed E-state index contributed by atoms with van der Waals surface area (Å²) in [4.78, 5) is 19.3. The fourth-order valence-corrected chi connectivity index (χ4v) is 4.45. The van der Waals surface area contributed by atoms with E-state index in [0.717, 1.165) is 58.7 Å². The first kappa shape index (κ1) is 19.7. The fraction of sp³-hybridized carbons (Fsp3) is 0.400. The lowest BCUT2D eigenvalue weighted by Gasteiger charge is -2.32. The molecule has 1 aliphatic rings. The van der Waals surface area contributed by atoms with Crippen molar-refractivity contribution in [3.63, 3.8) is 0 Å². The van der Waals surface area contributed by atoms with E-state index in [1.165, 1.54) is 5.56 Å². The predicted octanol–water partition coefficient (Wildman–Crippen LogP) is 5.07. The summed E-state index contributed by atoms with van der Waals surface area (Å²) in [5, 5.41) is 1.01. The first-order chi connectivity index (χ1) is 13.9. The van der Waals surface area contributed by atoms with Crippen LogP contribution in [0.2, 0.25) is 0 Å². The number of rotatable bonds is 6. The van der Waals surface area contributed by atoms with Crippen LogP contribution in [0.4, 0.5) is 0 Å². The molecule has 1 aromatic heterocycles. The Morgan fingerprint density at radius 3 is 2.55 bits per heavy atom. The van der Waals surface area contributed by atoms with E-state index >= 15 is 0 Å². The molecule has 4 heteroatoms. The van der Waals surface area contributed by atoms with Gasteiger partial charge in [0.05, 0.1) is 5.56 Å². The highest BCUT2D eigenvalue weighted by molar-refractivity contribution is 6.20. The first-order valence-electron chi connectivity index (χ1n) is 10.5. The molecule has 0 radical (unpaired) electrons. The van der Waals surface area contributed by atoms with E-state index in [1.54, 1.807) is 0 Å². The van der Waals surface area contributed by atoms with Gasteiger partial charge in [-0.05, 0) is 55.4 Å². The van der Waals surface area contributed by atoms with E-state index in [9.17, 15) is 4.79 Å². The molecule has 152 valence electrons. The molecule has 0 aliphatic heterocycles. The molecule has 0 atom stereocenters. The number of nitrogens with zero attached hydrogens (tertiary/aromatic N) is 1. The molecule has 0 fully saturated rings. The molecular weight excluding hydrogens is 360 g/mol. The number of likely N-dealkylation sites (N-methyl/N-ethyl adjacent to an activating group) is 1. The number of H-pyrrole nitrogens is 1. The van der Waals surface area contributed by atoms with Gasteiger partial charge in [0.15, 0.2) is 5.78 Å². The molecule has 0 amide bonds. The Kier molecular flexibility index (Phi) is 4.99. The van der Waals surface area contributed by atoms with E-state index in [0.29, 0.717) is 6.61 Å². The molecule has 29 heavy (non-hydrogen) atoms. The van der Waals surface area contributed by atoms with Crippen LogP contribution in [0.25, 0.3) is 10.9 Å². The van der Waals surface area contributed by atoms with Crippen LogP contribution >= 0.6 is 0 Å². The summed E-state index contributed by atoms with van der Waals surface area (Å²) >= 11 is 0. The van der Waals surface area contributed by atoms with Crippen molar-refractivity contribution in [1.29, 1.82) is 0 Å². The van der Waals surface area contributed by atoms with Crippen LogP contribution in [-0.2, 0) is 5.41 Å². The summed E-state index contributed by atoms with van der Waals surface area (Å²) in [5.74, 6) is 0.923. The van der Waals surface area contributed by atoms with Gasteiger partial charge in [-0.25, -0.2) is 0 Å². The predicted molar refractivity (Wildman–Crippen MR) is 118 cm³/mol. The minimum absolute atomic E-state index is 0.0964. The highest BCUT2D eigenvalue weighted by Crippen LogP contribution is 2.44. The van der Waals surface area contributed by atoms with Crippen molar-refractivity contribution in [2.45, 2.75) is 40.0 Å². The summed E-state index contributed by atoms with van der Waals surface area (Å²) in [6, 6.07) is 12.2. The lowest BCUT2D eigenvalue weighted by Crippen LogP contribution is -2.30. The van der Waals surface area contributed by atoms with Crippen LogP contribution in [0, 0.1) is 6.92 Å². The van der Waals surface area contributed by atoms with E-state index in [1.807, 2.05) is 12.1 Å². The molecule has 0 unspecified atom stereocenters. The van der Waals surface area contributed by atoms with Crippen molar-refractivity contribution in [3.8, 4) is 5.75 Å². The molecular formula is C25H30N2O2. The monoisotopic (exact) mass is 390 g/mol. The van der Waals surface area contributed by atoms with E-state index < -0.39 is 0 Å². The summed E-state index contributed by atoms with van der Waals surface area (Å²) in [6.07, 6.45) is 0. The van der Waals surface area contributed by atoms with Crippen LogP contribution in [0.3, 0.4) is 0 Å². The normalized spacial score (nSPS) is 14.9. The molecule has 1 heterocycles. The van der Waals surface area contributed by atoms with Crippen LogP contribution < -0.4 is 4.74 Å². The lowest BCUT2D eigenvalue weighted by atomic mass is 9.71. The minimum Gasteiger partial charge on any atom is -0.492 e. The number of aromatic amines is 1. The topological polar surface area (TPSA) is 45.3 Å². The zero-order valence-electron chi connectivity index (χ0n) is 18.1. The number of nitrogens with one attached hydrogen (secondary N) is 1. The second-order valence-electron chi connectivity index (χ2n) is 8.46. The van der Waals surface area contributed by atoms with Crippen molar-refractivity contribution >= 4 is 16.7 Å². The average molecular weight is 391 g/mol. The Labute approximate surface area is 172 Å². The molecule has 0 saturated carbocycles. The number of aryl methyl sites for hydroxylation is 1. The summed E-state index contributed by atoms with van der Waals surface area (Å²) in [5.41, 5.74) is 5.52. The third-order valence-electron chi connectivity index (χ3n) is 6.29. The molecule has 4 rings (SSSR count). The molecule has 1 aliphatic carbocycles. The van der Waals surface area contributed by atoms with Gasteiger partial charge in [0.25, 0.3) is 0 Å². The zero-order valence-corrected chi connectivity index (χ0v) is 18.1. The summed E-state index contributed by atoms with van der Waals surface area (Å²) in [6.45, 7) is 14.3. The molecule has 0 bridgehead atoms. The maximum atomic E-state index is 13.4. The third-order valence-corrected chi connectivity index (χ3v) is 6.29. The molecule has 3 aromatic rings. The largest absolute Gasteiger partial charge is 0.492 e. The van der Waals surface area contributed by atoms with E-state index in [4.69, 9.17) is 4.74 Å². The van der Waals surface area contributed by atoms with Crippen molar-refractivity contribution in [2.24, 2.45) is 0 Å². The Bertz CT molecular complexity index is 1070. The number of fused-ring (bicyclic) bond motifs is 4. The highest BCUT2D eigenvalue weighted by atomic mass is 16.5. The number of aromatic nitrogens is 1. The van der Waals surface area contributed by atoms with Crippen LogP contribution in [0.1, 0.15) is 60.4 Å². The van der Waals surface area contributed by atoms with Crippen molar-refractivity contribution in [2.75, 3.05) is 26.2 Å². The Morgan fingerprint density at radius 1 is 1.07 bits per heavy atom. The van der Waals surface area contributed by atoms with Gasteiger partial charge in [-0.2, -0.15) is 0 Å². The first-order valence-corrected chi connectivity index (χ1v) is 10.5. The Morgan fingerprint density at radius 2 is 1.83 bits per heavy atom. The molecule has 2 aromatic carbocycles. The molecule has 0 saturated heterocycles. The van der Waals surface area contributed by atoms with Gasteiger partial charge in [-0.3, -0.25) is 4.79 Å². The number of hydrogen-bond acceptors (Lipinski definition) is 3. The second kappa shape index (κ2) is 7.34. The number of carbonyl (C=O) groups excluding carboxylic acids is 1. The van der Waals surface area contributed by atoms with Crippen molar-refractivity contribution in [1.82, 2.24) is 9.88 Å². The minimum atomic E-state index is -0.302. The highest BCUT2D eigenvalue weighted by Gasteiger charge is 2.39. The molecule has 1 N–H and O–H groups in total. The van der Waals surface area contributed by atoms with Gasteiger partial charge in [-0.1, -0.05) is 39.8 Å². The zero-order chi connectivity index (χ0) is 20.8. The van der Waals surface area contributed by atoms with Gasteiger partial charge in [-0.15, -0.1) is 0 Å². The SMILES string of the molecule is CCN(CC)CCOc1ccc2c(c1)C(C)(C)c1[nH]c3cc(C)ccc3c1C2=O. The molecule has 4 nitrogen and oxygen atoms in total. The summed E-state index contributed by atoms with van der Waals surface area (Å²) < 4.78 is 6.03. The maximum Gasteiger partial charge on any atom is 0.195 e. The second-order valence-corrected chi connectivity index (χ2v) is 8.46. The van der Waals surface area contributed by atoms with Gasteiger partial charge >= 0.3 is 0 Å². The van der Waals surface area contributed by atoms with Gasteiger partial charge in [0.1, 0.15) is 12.4 Å². The van der Waals surface area contributed by atoms with E-state index in [-0.39, 0.29) is 11.2 Å². The number of carbonyl (C=O) groups is 1. The number of ether oxygens (including phenoxy) is 1. The fourth-order valence-electron chi connectivity index (χ4n) is 4.45. The van der Waals surface area contributed by atoms with Crippen LogP contribution in [0.15, 0.2) is 36.4 Å². The van der Waals surface area contributed by atoms with E-state index in [2.05, 4.69) is 68.8 Å².